The first-order valence-corrected chi connectivity index (χ1v) is 6.06. The van der Waals surface area contributed by atoms with Gasteiger partial charge in [0.05, 0.1) is 6.07 Å². The summed E-state index contributed by atoms with van der Waals surface area (Å²) in [7, 11) is 0. The number of hydrogen-bond donors (Lipinski definition) is 0. The molecule has 0 N–H and O–H groups in total. The minimum atomic E-state index is -4.38. The summed E-state index contributed by atoms with van der Waals surface area (Å²) in [6, 6.07) is 2.18. The van der Waals surface area contributed by atoms with Crippen molar-refractivity contribution in [3.63, 3.8) is 0 Å². The zero-order chi connectivity index (χ0) is 12.5. The Morgan fingerprint density at radius 2 is 2.06 bits per heavy atom. The molecule has 0 atom stereocenters. The molecular formula is C10H10F3N3S. The standard InChI is InChI=1S/C10H10F3N3S/c11-10(12,13)8-6-17-9(15-8)16-3-1-7(5-14)2-4-16/h6-7H,1-4H2. The number of alkyl halides is 3. The second kappa shape index (κ2) is 4.53. The van der Waals surface area contributed by atoms with Gasteiger partial charge in [0.1, 0.15) is 0 Å². The molecule has 1 saturated heterocycles. The van der Waals surface area contributed by atoms with Gasteiger partial charge in [0.2, 0.25) is 0 Å². The average Bonchev–Trinajstić information content (AvgIpc) is 2.78. The summed E-state index contributed by atoms with van der Waals surface area (Å²) in [6.45, 7) is 1.20. The quantitative estimate of drug-likeness (QED) is 0.780. The van der Waals surface area contributed by atoms with Crippen LogP contribution in [0.5, 0.6) is 0 Å². The van der Waals surface area contributed by atoms with Crippen LogP contribution in [0.25, 0.3) is 0 Å². The molecule has 2 rings (SSSR count). The maximum absolute atomic E-state index is 12.4. The summed E-state index contributed by atoms with van der Waals surface area (Å²) in [6.07, 6.45) is -2.99. The SMILES string of the molecule is N#CC1CCN(c2nc(C(F)(F)F)cs2)CC1. The third-order valence-electron chi connectivity index (χ3n) is 2.73. The largest absolute Gasteiger partial charge is 0.434 e. The van der Waals surface area contributed by atoms with Gasteiger partial charge in [-0.15, -0.1) is 11.3 Å². The number of hydrogen-bond acceptors (Lipinski definition) is 4. The number of rotatable bonds is 1. The predicted octanol–water partition coefficient (Wildman–Crippen LogP) is 2.90. The Labute approximate surface area is 100 Å². The maximum atomic E-state index is 12.4. The van der Waals surface area contributed by atoms with Crippen molar-refractivity contribution in [1.29, 1.82) is 5.26 Å². The van der Waals surface area contributed by atoms with E-state index in [4.69, 9.17) is 5.26 Å². The predicted molar refractivity (Wildman–Crippen MR) is 57.7 cm³/mol. The van der Waals surface area contributed by atoms with E-state index in [0.717, 1.165) is 16.7 Å². The van der Waals surface area contributed by atoms with Gasteiger partial charge in [-0.25, -0.2) is 4.98 Å². The average molecular weight is 261 g/mol. The monoisotopic (exact) mass is 261 g/mol. The first kappa shape index (κ1) is 12.2. The van der Waals surface area contributed by atoms with Gasteiger partial charge in [0.15, 0.2) is 10.8 Å². The number of thiazole rings is 1. The first-order valence-electron chi connectivity index (χ1n) is 5.18. The van der Waals surface area contributed by atoms with Gasteiger partial charge in [0, 0.05) is 24.4 Å². The van der Waals surface area contributed by atoms with Gasteiger partial charge in [-0.3, -0.25) is 0 Å². The molecule has 1 aromatic heterocycles. The van der Waals surface area contributed by atoms with Crippen molar-refractivity contribution in [1.82, 2.24) is 4.98 Å². The van der Waals surface area contributed by atoms with Crippen LogP contribution >= 0.6 is 11.3 Å². The molecule has 7 heteroatoms. The summed E-state index contributed by atoms with van der Waals surface area (Å²) in [4.78, 5) is 5.41. The number of piperidine rings is 1. The van der Waals surface area contributed by atoms with Crippen molar-refractivity contribution in [3.8, 4) is 6.07 Å². The fraction of sp³-hybridized carbons (Fsp3) is 0.600. The van der Waals surface area contributed by atoms with Crippen molar-refractivity contribution in [2.24, 2.45) is 5.92 Å². The minimum Gasteiger partial charge on any atom is -0.348 e. The van der Waals surface area contributed by atoms with Gasteiger partial charge in [0.25, 0.3) is 0 Å². The third kappa shape index (κ3) is 2.69. The van der Waals surface area contributed by atoms with Crippen molar-refractivity contribution in [3.05, 3.63) is 11.1 Å². The zero-order valence-electron chi connectivity index (χ0n) is 8.87. The van der Waals surface area contributed by atoms with Crippen LogP contribution in [0, 0.1) is 17.2 Å². The molecule has 1 fully saturated rings. The van der Waals surface area contributed by atoms with Crippen LogP contribution < -0.4 is 4.90 Å². The van der Waals surface area contributed by atoms with Crippen LogP contribution in [-0.2, 0) is 6.18 Å². The second-order valence-electron chi connectivity index (χ2n) is 3.90. The summed E-state index contributed by atoms with van der Waals surface area (Å²) >= 11 is 1.00. The van der Waals surface area contributed by atoms with E-state index >= 15 is 0 Å². The number of aromatic nitrogens is 1. The van der Waals surface area contributed by atoms with Crippen LogP contribution in [0.15, 0.2) is 5.38 Å². The molecule has 3 nitrogen and oxygen atoms in total. The third-order valence-corrected chi connectivity index (χ3v) is 3.63. The van der Waals surface area contributed by atoms with E-state index < -0.39 is 11.9 Å². The second-order valence-corrected chi connectivity index (χ2v) is 4.74. The highest BCUT2D eigenvalue weighted by atomic mass is 32.1. The lowest BCUT2D eigenvalue weighted by Crippen LogP contribution is -2.33. The number of anilines is 1. The molecule has 2 heterocycles. The lowest BCUT2D eigenvalue weighted by atomic mass is 9.99. The van der Waals surface area contributed by atoms with Gasteiger partial charge in [-0.05, 0) is 12.8 Å². The molecule has 1 aliphatic rings. The van der Waals surface area contributed by atoms with Gasteiger partial charge in [-0.2, -0.15) is 18.4 Å². The van der Waals surface area contributed by atoms with E-state index in [-0.39, 0.29) is 5.92 Å². The van der Waals surface area contributed by atoms with Gasteiger partial charge >= 0.3 is 6.18 Å². The maximum Gasteiger partial charge on any atom is 0.434 e. The normalized spacial score (nSPS) is 18.1. The Bertz CT molecular complexity index is 427. The van der Waals surface area contributed by atoms with Crippen LogP contribution in [0.1, 0.15) is 18.5 Å². The Hall–Kier alpha value is -1.29. The smallest absolute Gasteiger partial charge is 0.348 e. The molecule has 0 radical (unpaired) electrons. The van der Waals surface area contributed by atoms with Gasteiger partial charge < -0.3 is 4.90 Å². The highest BCUT2D eigenvalue weighted by Crippen LogP contribution is 2.34. The van der Waals surface area contributed by atoms with Gasteiger partial charge in [-0.1, -0.05) is 0 Å². The molecule has 0 amide bonds. The van der Waals surface area contributed by atoms with E-state index in [2.05, 4.69) is 11.1 Å². The number of halogens is 3. The van der Waals surface area contributed by atoms with E-state index in [1.807, 2.05) is 4.90 Å². The summed E-state index contributed by atoms with van der Waals surface area (Å²) in [5.74, 6) is 0.0216. The van der Waals surface area contributed by atoms with E-state index in [0.29, 0.717) is 31.1 Å². The lowest BCUT2D eigenvalue weighted by Gasteiger charge is -2.28. The fourth-order valence-corrected chi connectivity index (χ4v) is 2.63. The lowest BCUT2D eigenvalue weighted by molar-refractivity contribution is -0.140. The summed E-state index contributed by atoms with van der Waals surface area (Å²) in [5, 5.41) is 10.2. The number of nitriles is 1. The molecular weight excluding hydrogens is 251 g/mol. The van der Waals surface area contributed by atoms with Crippen LogP contribution in [0.3, 0.4) is 0 Å². The van der Waals surface area contributed by atoms with Crippen molar-refractivity contribution < 1.29 is 13.2 Å². The Kier molecular flexibility index (Phi) is 3.24. The Morgan fingerprint density at radius 3 is 2.53 bits per heavy atom. The zero-order valence-corrected chi connectivity index (χ0v) is 9.68. The molecule has 0 unspecified atom stereocenters. The Balaban J connectivity index is 2.05. The van der Waals surface area contributed by atoms with E-state index in [9.17, 15) is 13.2 Å². The molecule has 0 bridgehead atoms. The molecule has 0 aliphatic carbocycles. The van der Waals surface area contributed by atoms with E-state index in [1.165, 1.54) is 0 Å². The highest BCUT2D eigenvalue weighted by Gasteiger charge is 2.34. The number of nitrogens with zero attached hydrogens (tertiary/aromatic N) is 3. The highest BCUT2D eigenvalue weighted by molar-refractivity contribution is 7.13. The van der Waals surface area contributed by atoms with Crippen molar-refractivity contribution in [2.45, 2.75) is 19.0 Å². The minimum absolute atomic E-state index is 0.0216. The molecule has 1 aliphatic heterocycles. The summed E-state index contributed by atoms with van der Waals surface area (Å²) in [5.41, 5.74) is -0.833. The van der Waals surface area contributed by atoms with E-state index in [1.54, 1.807) is 0 Å². The molecule has 0 saturated carbocycles. The van der Waals surface area contributed by atoms with Crippen molar-refractivity contribution in [2.75, 3.05) is 18.0 Å². The van der Waals surface area contributed by atoms with Crippen LogP contribution in [-0.4, -0.2) is 18.1 Å². The molecule has 1 aromatic rings. The van der Waals surface area contributed by atoms with Crippen LogP contribution in [0.4, 0.5) is 18.3 Å². The Morgan fingerprint density at radius 1 is 1.41 bits per heavy atom. The molecule has 0 aromatic carbocycles. The molecule has 17 heavy (non-hydrogen) atoms. The topological polar surface area (TPSA) is 39.9 Å². The van der Waals surface area contributed by atoms with Crippen LogP contribution in [0.2, 0.25) is 0 Å². The molecule has 0 spiro atoms. The molecule has 92 valence electrons. The summed E-state index contributed by atoms with van der Waals surface area (Å²) < 4.78 is 37.1. The fourth-order valence-electron chi connectivity index (χ4n) is 1.74. The van der Waals surface area contributed by atoms with Crippen molar-refractivity contribution >= 4 is 16.5 Å². The first-order chi connectivity index (χ1) is 8.00.